The first kappa shape index (κ1) is 12.8. The molecule has 1 aromatic heterocycles. The molecule has 6 heteroatoms. The van der Waals surface area contributed by atoms with E-state index in [1.54, 1.807) is 25.1 Å². The van der Waals surface area contributed by atoms with Crippen LogP contribution in [0.2, 0.25) is 0 Å². The van der Waals surface area contributed by atoms with Crippen LogP contribution >= 0.6 is 0 Å². The molecule has 1 heterocycles. The number of H-pyrrole nitrogens is 1. The molecule has 96 valence electrons. The number of halogens is 1. The van der Waals surface area contributed by atoms with E-state index in [9.17, 15) is 14.0 Å². The van der Waals surface area contributed by atoms with Crippen molar-refractivity contribution in [1.29, 1.82) is 5.26 Å². The molecule has 0 aliphatic carbocycles. The average molecular weight is 259 g/mol. The zero-order chi connectivity index (χ0) is 14.0. The lowest BCUT2D eigenvalue weighted by atomic mass is 10.1. The van der Waals surface area contributed by atoms with Gasteiger partial charge < -0.3 is 0 Å². The maximum absolute atomic E-state index is 13.1. The molecule has 0 saturated heterocycles. The lowest BCUT2D eigenvalue weighted by Gasteiger charge is -2.08. The van der Waals surface area contributed by atoms with Crippen molar-refractivity contribution in [2.75, 3.05) is 0 Å². The zero-order valence-corrected chi connectivity index (χ0v) is 10.1. The van der Waals surface area contributed by atoms with Crippen LogP contribution in [0.3, 0.4) is 0 Å². The van der Waals surface area contributed by atoms with Gasteiger partial charge in [0.15, 0.2) is 0 Å². The van der Waals surface area contributed by atoms with Crippen molar-refractivity contribution < 1.29 is 4.39 Å². The second kappa shape index (κ2) is 4.90. The predicted molar refractivity (Wildman–Crippen MR) is 66.3 cm³/mol. The Balaban J connectivity index is 2.42. The summed E-state index contributed by atoms with van der Waals surface area (Å²) in [5.41, 5.74) is 0.402. The molecular formula is C13H10FN3O2. The first-order valence-corrected chi connectivity index (χ1v) is 5.50. The number of rotatable bonds is 2. The van der Waals surface area contributed by atoms with Crippen LogP contribution in [0.25, 0.3) is 0 Å². The van der Waals surface area contributed by atoms with E-state index in [2.05, 4.69) is 0 Å². The molecule has 0 spiro atoms. The van der Waals surface area contributed by atoms with Gasteiger partial charge in [-0.05, 0) is 30.2 Å². The van der Waals surface area contributed by atoms with Gasteiger partial charge in [-0.1, -0.05) is 6.07 Å². The Morgan fingerprint density at radius 1 is 1.42 bits per heavy atom. The van der Waals surface area contributed by atoms with E-state index in [1.165, 1.54) is 0 Å². The summed E-state index contributed by atoms with van der Waals surface area (Å²) in [6.07, 6.45) is 0.874. The van der Waals surface area contributed by atoms with Crippen LogP contribution in [0.5, 0.6) is 0 Å². The van der Waals surface area contributed by atoms with Crippen molar-refractivity contribution in [2.24, 2.45) is 0 Å². The molecule has 0 amide bonds. The van der Waals surface area contributed by atoms with E-state index in [-0.39, 0.29) is 6.54 Å². The summed E-state index contributed by atoms with van der Waals surface area (Å²) in [6, 6.07) is 7.01. The van der Waals surface area contributed by atoms with Gasteiger partial charge in [0.2, 0.25) is 5.82 Å². The minimum atomic E-state index is -1.03. The Labute approximate surface area is 107 Å². The summed E-state index contributed by atoms with van der Waals surface area (Å²) in [6.45, 7) is 1.92. The van der Waals surface area contributed by atoms with Crippen LogP contribution in [0.15, 0.2) is 34.0 Å². The first-order valence-electron chi connectivity index (χ1n) is 5.50. The topological polar surface area (TPSA) is 78.7 Å². The minimum Gasteiger partial charge on any atom is -0.293 e. The van der Waals surface area contributed by atoms with Gasteiger partial charge in [0.05, 0.1) is 24.4 Å². The fourth-order valence-corrected chi connectivity index (χ4v) is 1.73. The SMILES string of the molecule is Cc1cc(C#N)ccc1Cn1cc(F)c(=O)[nH]c1=O. The maximum Gasteiger partial charge on any atom is 0.328 e. The van der Waals surface area contributed by atoms with Crippen LogP contribution in [-0.4, -0.2) is 9.55 Å². The number of hydrogen-bond acceptors (Lipinski definition) is 3. The van der Waals surface area contributed by atoms with Crippen molar-refractivity contribution in [3.8, 4) is 6.07 Å². The maximum atomic E-state index is 13.1. The number of aryl methyl sites for hydroxylation is 1. The molecule has 1 aromatic carbocycles. The van der Waals surface area contributed by atoms with E-state index in [4.69, 9.17) is 5.26 Å². The Bertz CT molecular complexity index is 784. The molecule has 1 N–H and O–H groups in total. The van der Waals surface area contributed by atoms with Crippen LogP contribution < -0.4 is 11.2 Å². The largest absolute Gasteiger partial charge is 0.328 e. The van der Waals surface area contributed by atoms with Gasteiger partial charge in [-0.15, -0.1) is 0 Å². The number of benzene rings is 1. The third-order valence-electron chi connectivity index (χ3n) is 2.78. The molecule has 0 bridgehead atoms. The summed E-state index contributed by atoms with van der Waals surface area (Å²) in [7, 11) is 0. The van der Waals surface area contributed by atoms with Crippen molar-refractivity contribution in [3.05, 3.63) is 67.7 Å². The highest BCUT2D eigenvalue weighted by Crippen LogP contribution is 2.11. The Morgan fingerprint density at radius 3 is 2.79 bits per heavy atom. The van der Waals surface area contributed by atoms with Crippen LogP contribution in [-0.2, 0) is 6.54 Å². The summed E-state index contributed by atoms with van der Waals surface area (Å²) in [5.74, 6) is -1.01. The third kappa shape index (κ3) is 2.60. The highest BCUT2D eigenvalue weighted by Gasteiger charge is 2.06. The Kier molecular flexibility index (Phi) is 3.29. The predicted octanol–water partition coefficient (Wildman–Crippen LogP) is 0.904. The van der Waals surface area contributed by atoms with Gasteiger partial charge in [0.1, 0.15) is 0 Å². The van der Waals surface area contributed by atoms with E-state index >= 15 is 0 Å². The smallest absolute Gasteiger partial charge is 0.293 e. The summed E-state index contributed by atoms with van der Waals surface area (Å²) in [5, 5.41) is 8.76. The highest BCUT2D eigenvalue weighted by molar-refractivity contribution is 5.37. The molecule has 0 saturated carbocycles. The molecule has 19 heavy (non-hydrogen) atoms. The highest BCUT2D eigenvalue weighted by atomic mass is 19.1. The molecule has 0 atom stereocenters. The van der Waals surface area contributed by atoms with Crippen molar-refractivity contribution in [2.45, 2.75) is 13.5 Å². The Hall–Kier alpha value is -2.68. The van der Waals surface area contributed by atoms with Gasteiger partial charge in [0.25, 0.3) is 5.56 Å². The minimum absolute atomic E-state index is 0.129. The second-order valence-corrected chi connectivity index (χ2v) is 4.12. The molecule has 5 nitrogen and oxygen atoms in total. The van der Waals surface area contributed by atoms with E-state index in [1.807, 2.05) is 11.1 Å². The fourth-order valence-electron chi connectivity index (χ4n) is 1.73. The number of nitrogens with zero attached hydrogens (tertiary/aromatic N) is 2. The molecular weight excluding hydrogens is 249 g/mol. The van der Waals surface area contributed by atoms with Gasteiger partial charge in [-0.3, -0.25) is 14.3 Å². The van der Waals surface area contributed by atoms with E-state index in [0.29, 0.717) is 5.56 Å². The van der Waals surface area contributed by atoms with E-state index < -0.39 is 17.1 Å². The third-order valence-corrected chi connectivity index (χ3v) is 2.78. The summed E-state index contributed by atoms with van der Waals surface area (Å²) >= 11 is 0. The number of hydrogen-bond donors (Lipinski definition) is 1. The number of nitriles is 1. The van der Waals surface area contributed by atoms with Gasteiger partial charge in [-0.2, -0.15) is 9.65 Å². The molecule has 0 radical (unpaired) electrons. The van der Waals surface area contributed by atoms with Crippen molar-refractivity contribution >= 4 is 0 Å². The lowest BCUT2D eigenvalue weighted by Crippen LogP contribution is -2.31. The average Bonchev–Trinajstić information content (AvgIpc) is 2.38. The zero-order valence-electron chi connectivity index (χ0n) is 10.1. The first-order chi connectivity index (χ1) is 9.01. The van der Waals surface area contributed by atoms with Gasteiger partial charge >= 0.3 is 5.69 Å². The monoisotopic (exact) mass is 259 g/mol. The van der Waals surface area contributed by atoms with Gasteiger partial charge in [-0.25, -0.2) is 4.79 Å². The van der Waals surface area contributed by atoms with Crippen molar-refractivity contribution in [3.63, 3.8) is 0 Å². The second-order valence-electron chi connectivity index (χ2n) is 4.12. The van der Waals surface area contributed by atoms with Crippen LogP contribution in [0, 0.1) is 24.1 Å². The number of nitrogens with one attached hydrogen (secondary N) is 1. The Morgan fingerprint density at radius 2 is 2.16 bits per heavy atom. The van der Waals surface area contributed by atoms with Crippen LogP contribution in [0.1, 0.15) is 16.7 Å². The molecule has 0 fully saturated rings. The summed E-state index contributed by atoms with van der Waals surface area (Å²) in [4.78, 5) is 24.3. The number of aromatic nitrogens is 2. The fraction of sp³-hybridized carbons (Fsp3) is 0.154. The molecule has 2 aromatic rings. The van der Waals surface area contributed by atoms with Crippen molar-refractivity contribution in [1.82, 2.24) is 9.55 Å². The lowest BCUT2D eigenvalue weighted by molar-refractivity contribution is 0.565. The normalized spacial score (nSPS) is 10.2. The number of aromatic amines is 1. The molecule has 0 aliphatic rings. The molecule has 2 rings (SSSR count). The van der Waals surface area contributed by atoms with E-state index in [0.717, 1.165) is 21.9 Å². The van der Waals surface area contributed by atoms with Gasteiger partial charge in [0, 0.05) is 0 Å². The van der Waals surface area contributed by atoms with Crippen LogP contribution in [0.4, 0.5) is 4.39 Å². The molecule has 0 aliphatic heterocycles. The standard InChI is InChI=1S/C13H10FN3O2/c1-8-4-9(5-15)2-3-10(8)6-17-7-11(14)12(18)16-13(17)19/h2-4,7H,6H2,1H3,(H,16,18,19). The summed E-state index contributed by atoms with van der Waals surface area (Å²) < 4.78 is 14.2. The quantitative estimate of drug-likeness (QED) is 0.870. The molecule has 0 unspecified atom stereocenters.